The van der Waals surface area contributed by atoms with Crippen molar-refractivity contribution >= 4 is 24.8 Å². The maximum atomic E-state index is 10.8. The SMILES string of the molecule is CC(C)C(=O)N(S)C(N)=O. The molecule has 2 N–H and O–H groups in total. The molecule has 0 rings (SSSR count). The highest BCUT2D eigenvalue weighted by Crippen LogP contribution is 2.02. The van der Waals surface area contributed by atoms with E-state index in [1.54, 1.807) is 13.8 Å². The van der Waals surface area contributed by atoms with Crippen LogP contribution in [0, 0.1) is 5.92 Å². The summed E-state index contributed by atoms with van der Waals surface area (Å²) in [6, 6.07) is -0.845. The van der Waals surface area contributed by atoms with Crippen LogP contribution in [0.4, 0.5) is 4.79 Å². The first-order valence-corrected chi connectivity index (χ1v) is 3.19. The molecule has 0 bridgehead atoms. The van der Waals surface area contributed by atoms with Crippen molar-refractivity contribution in [1.29, 1.82) is 0 Å². The van der Waals surface area contributed by atoms with Gasteiger partial charge in [-0.25, -0.2) is 9.10 Å². The fourth-order valence-electron chi connectivity index (χ4n) is 0.353. The Balaban J connectivity index is 4.08. The lowest BCUT2D eigenvalue weighted by Gasteiger charge is -2.12. The molecule has 0 fully saturated rings. The summed E-state index contributed by atoms with van der Waals surface area (Å²) in [5, 5.41) is 0. The number of thiol groups is 1. The lowest BCUT2D eigenvalue weighted by Crippen LogP contribution is -2.35. The minimum Gasteiger partial charge on any atom is -0.350 e. The Bertz CT molecular complexity index is 158. The van der Waals surface area contributed by atoms with Crippen LogP contribution in [0.25, 0.3) is 0 Å². The molecule has 0 aliphatic carbocycles. The minimum absolute atomic E-state index is 0.259. The molecule has 0 spiro atoms. The number of urea groups is 1. The summed E-state index contributed by atoms with van der Waals surface area (Å²) in [6.45, 7) is 3.32. The highest BCUT2D eigenvalue weighted by Gasteiger charge is 2.17. The normalized spacial score (nSPS) is 9.60. The summed E-state index contributed by atoms with van der Waals surface area (Å²) in [5.74, 6) is -0.652. The minimum atomic E-state index is -0.845. The molecular formula is C5H10N2O2S. The van der Waals surface area contributed by atoms with E-state index in [0.29, 0.717) is 4.31 Å². The van der Waals surface area contributed by atoms with E-state index < -0.39 is 11.9 Å². The van der Waals surface area contributed by atoms with Crippen LogP contribution in [0.3, 0.4) is 0 Å². The molecule has 0 aromatic rings. The van der Waals surface area contributed by atoms with Crippen molar-refractivity contribution in [2.75, 3.05) is 0 Å². The van der Waals surface area contributed by atoms with Gasteiger partial charge in [-0.3, -0.25) is 4.79 Å². The Labute approximate surface area is 64.9 Å². The Morgan fingerprint density at radius 2 is 1.90 bits per heavy atom. The smallest absolute Gasteiger partial charge is 0.331 e. The monoisotopic (exact) mass is 162 g/mol. The van der Waals surface area contributed by atoms with Gasteiger partial charge in [0, 0.05) is 5.92 Å². The molecule has 0 aliphatic rings. The first kappa shape index (κ1) is 9.29. The van der Waals surface area contributed by atoms with Gasteiger partial charge in [0.25, 0.3) is 0 Å². The standard InChI is InChI=1S/C5H10N2O2S/c1-3(2)4(8)7(10)5(6)9/h3,10H,1-2H3,(H2,6,9). The topological polar surface area (TPSA) is 63.4 Å². The van der Waals surface area contributed by atoms with E-state index in [0.717, 1.165) is 0 Å². The van der Waals surface area contributed by atoms with Crippen LogP contribution >= 0.6 is 12.8 Å². The zero-order valence-corrected chi connectivity index (χ0v) is 6.76. The number of hydrogen-bond donors (Lipinski definition) is 2. The number of nitrogens with two attached hydrogens (primary N) is 1. The Kier molecular flexibility index (Phi) is 3.21. The molecule has 0 heterocycles. The largest absolute Gasteiger partial charge is 0.350 e. The number of carbonyl (C=O) groups excluding carboxylic acids is 2. The summed E-state index contributed by atoms with van der Waals surface area (Å²) in [5.41, 5.74) is 4.76. The average Bonchev–Trinajstić information content (AvgIpc) is 1.84. The third kappa shape index (κ3) is 2.26. The summed E-state index contributed by atoms with van der Waals surface area (Å²) in [4.78, 5) is 21.1. The number of nitrogens with zero attached hydrogens (tertiary/aromatic N) is 1. The molecule has 58 valence electrons. The van der Waals surface area contributed by atoms with Crippen molar-refractivity contribution in [2.24, 2.45) is 11.7 Å². The second-order valence-electron chi connectivity index (χ2n) is 2.14. The van der Waals surface area contributed by atoms with Crippen molar-refractivity contribution in [3.05, 3.63) is 0 Å². The third-order valence-corrected chi connectivity index (χ3v) is 1.31. The number of imide groups is 1. The van der Waals surface area contributed by atoms with Gasteiger partial charge in [0.1, 0.15) is 0 Å². The molecule has 0 aromatic heterocycles. The zero-order chi connectivity index (χ0) is 8.31. The molecule has 0 atom stereocenters. The van der Waals surface area contributed by atoms with Gasteiger partial charge in [0.2, 0.25) is 5.91 Å². The van der Waals surface area contributed by atoms with E-state index in [2.05, 4.69) is 12.8 Å². The molecule has 0 saturated heterocycles. The second-order valence-corrected chi connectivity index (χ2v) is 2.54. The van der Waals surface area contributed by atoms with Gasteiger partial charge in [-0.2, -0.15) is 0 Å². The number of primary amides is 1. The maximum absolute atomic E-state index is 10.8. The van der Waals surface area contributed by atoms with Gasteiger partial charge in [0.15, 0.2) is 0 Å². The molecule has 4 nitrogen and oxygen atoms in total. The molecule has 10 heavy (non-hydrogen) atoms. The van der Waals surface area contributed by atoms with Gasteiger partial charge in [-0.05, 0) is 0 Å². The highest BCUT2D eigenvalue weighted by atomic mass is 32.1. The highest BCUT2D eigenvalue weighted by molar-refractivity contribution is 7.79. The van der Waals surface area contributed by atoms with Crippen LogP contribution in [0.15, 0.2) is 0 Å². The van der Waals surface area contributed by atoms with E-state index >= 15 is 0 Å². The molecule has 0 unspecified atom stereocenters. The van der Waals surface area contributed by atoms with Crippen LogP contribution in [-0.4, -0.2) is 16.2 Å². The number of rotatable bonds is 1. The van der Waals surface area contributed by atoms with Crippen molar-refractivity contribution in [3.63, 3.8) is 0 Å². The fourth-order valence-corrected chi connectivity index (χ4v) is 0.584. The molecule has 0 aromatic carbocycles. The Hall–Kier alpha value is -0.710. The Morgan fingerprint density at radius 1 is 1.50 bits per heavy atom. The first-order valence-electron chi connectivity index (χ1n) is 2.79. The van der Waals surface area contributed by atoms with E-state index in [4.69, 9.17) is 5.73 Å². The van der Waals surface area contributed by atoms with Crippen LogP contribution in [-0.2, 0) is 4.79 Å². The summed E-state index contributed by atoms with van der Waals surface area (Å²) in [6.07, 6.45) is 0. The van der Waals surface area contributed by atoms with Gasteiger partial charge in [-0.1, -0.05) is 26.7 Å². The quantitative estimate of drug-likeness (QED) is 0.548. The van der Waals surface area contributed by atoms with E-state index in [1.165, 1.54) is 0 Å². The first-order chi connectivity index (χ1) is 4.46. The summed E-state index contributed by atoms with van der Waals surface area (Å²) < 4.78 is 0.602. The van der Waals surface area contributed by atoms with Crippen molar-refractivity contribution in [2.45, 2.75) is 13.8 Å². The molecule has 0 saturated carbocycles. The maximum Gasteiger partial charge on any atom is 0.331 e. The summed E-state index contributed by atoms with van der Waals surface area (Å²) >= 11 is 3.57. The van der Waals surface area contributed by atoms with E-state index in [9.17, 15) is 9.59 Å². The van der Waals surface area contributed by atoms with Gasteiger partial charge >= 0.3 is 6.03 Å². The van der Waals surface area contributed by atoms with Crippen LogP contribution < -0.4 is 5.73 Å². The van der Waals surface area contributed by atoms with Gasteiger partial charge < -0.3 is 5.73 Å². The van der Waals surface area contributed by atoms with Crippen molar-refractivity contribution < 1.29 is 9.59 Å². The summed E-state index contributed by atoms with van der Waals surface area (Å²) in [7, 11) is 0. The fraction of sp³-hybridized carbons (Fsp3) is 0.600. The van der Waals surface area contributed by atoms with Crippen LogP contribution in [0.5, 0.6) is 0 Å². The van der Waals surface area contributed by atoms with Crippen molar-refractivity contribution in [1.82, 2.24) is 4.31 Å². The molecule has 3 amide bonds. The van der Waals surface area contributed by atoms with Gasteiger partial charge in [0.05, 0.1) is 0 Å². The average molecular weight is 162 g/mol. The lowest BCUT2D eigenvalue weighted by atomic mass is 10.2. The van der Waals surface area contributed by atoms with Crippen LogP contribution in [0.2, 0.25) is 0 Å². The van der Waals surface area contributed by atoms with E-state index in [-0.39, 0.29) is 5.92 Å². The number of carbonyl (C=O) groups is 2. The second kappa shape index (κ2) is 3.46. The molecular weight excluding hydrogens is 152 g/mol. The molecule has 0 radical (unpaired) electrons. The lowest BCUT2D eigenvalue weighted by molar-refractivity contribution is -0.127. The molecule has 0 aliphatic heterocycles. The van der Waals surface area contributed by atoms with Gasteiger partial charge in [-0.15, -0.1) is 0 Å². The van der Waals surface area contributed by atoms with Crippen molar-refractivity contribution in [3.8, 4) is 0 Å². The predicted molar refractivity (Wildman–Crippen MR) is 40.3 cm³/mol. The number of hydrogen-bond acceptors (Lipinski definition) is 3. The molecule has 5 heteroatoms. The Morgan fingerprint density at radius 3 is 2.00 bits per heavy atom. The van der Waals surface area contributed by atoms with Crippen LogP contribution in [0.1, 0.15) is 13.8 Å². The third-order valence-electron chi connectivity index (χ3n) is 0.911. The zero-order valence-electron chi connectivity index (χ0n) is 5.87. The predicted octanol–water partition coefficient (Wildman–Crippen LogP) is 0.395. The van der Waals surface area contributed by atoms with E-state index in [1.807, 2.05) is 0 Å². The number of amides is 3.